The maximum atomic E-state index is 12.5. The molecule has 7 heteroatoms. The Labute approximate surface area is 177 Å². The monoisotopic (exact) mass is 426 g/mol. The zero-order chi connectivity index (χ0) is 22.1. The molecular weight excluding hydrogens is 400 g/mol. The number of amides is 1. The maximum absolute atomic E-state index is 12.5. The molecule has 1 atom stereocenters. The minimum Gasteiger partial charge on any atom is -0.497 e. The van der Waals surface area contributed by atoms with Crippen molar-refractivity contribution in [2.45, 2.75) is 12.3 Å². The molecule has 0 bridgehead atoms. The number of para-hydroxylation sites is 1. The number of hydrogen-bond acceptors (Lipinski definition) is 4. The van der Waals surface area contributed by atoms with E-state index in [1.165, 1.54) is 13.1 Å². The van der Waals surface area contributed by atoms with Crippen LogP contribution < -0.4 is 4.74 Å². The first-order chi connectivity index (χ1) is 14.1. The van der Waals surface area contributed by atoms with Gasteiger partial charge in [0.2, 0.25) is 10.0 Å². The number of aromatic nitrogens is 1. The van der Waals surface area contributed by atoms with Crippen LogP contribution in [0.4, 0.5) is 0 Å². The van der Waals surface area contributed by atoms with E-state index >= 15 is 0 Å². The van der Waals surface area contributed by atoms with Crippen LogP contribution in [0.2, 0.25) is 0 Å². The number of methoxy groups -OCH3 is 1. The lowest BCUT2D eigenvalue weighted by atomic mass is 9.75. The van der Waals surface area contributed by atoms with Crippen LogP contribution in [0.1, 0.15) is 18.1 Å². The van der Waals surface area contributed by atoms with E-state index in [2.05, 4.69) is 0 Å². The number of sulfonamides is 1. The van der Waals surface area contributed by atoms with E-state index in [0.29, 0.717) is 0 Å². The lowest BCUT2D eigenvalue weighted by Gasteiger charge is -2.27. The Morgan fingerprint density at radius 2 is 1.77 bits per heavy atom. The molecule has 0 aliphatic rings. The molecule has 1 aromatic heterocycles. The molecule has 6 nitrogen and oxygen atoms in total. The fourth-order valence-electron chi connectivity index (χ4n) is 3.54. The van der Waals surface area contributed by atoms with Crippen molar-refractivity contribution < 1.29 is 17.9 Å². The van der Waals surface area contributed by atoms with Gasteiger partial charge in [-0.25, -0.2) is 12.7 Å². The van der Waals surface area contributed by atoms with Crippen LogP contribution in [-0.2, 0) is 27.3 Å². The first-order valence-electron chi connectivity index (χ1n) is 9.44. The lowest BCUT2D eigenvalue weighted by Crippen LogP contribution is -2.31. The predicted molar refractivity (Wildman–Crippen MR) is 119 cm³/mol. The van der Waals surface area contributed by atoms with E-state index in [0.717, 1.165) is 38.3 Å². The molecular formula is C23H26N2O4S. The molecule has 1 heterocycles. The number of aryl methyl sites for hydroxylation is 1. The van der Waals surface area contributed by atoms with Gasteiger partial charge in [0.05, 0.1) is 13.4 Å². The second-order valence-electron chi connectivity index (χ2n) is 7.50. The summed E-state index contributed by atoms with van der Waals surface area (Å²) in [6, 6.07) is 15.7. The molecule has 158 valence electrons. The van der Waals surface area contributed by atoms with Crippen LogP contribution in [0.15, 0.2) is 66.9 Å². The molecule has 0 fully saturated rings. The van der Waals surface area contributed by atoms with Gasteiger partial charge in [-0.05, 0) is 36.2 Å². The molecule has 0 saturated heterocycles. The van der Waals surface area contributed by atoms with E-state index in [-0.39, 0.29) is 0 Å². The number of ether oxygens (including phenoxy) is 1. The third kappa shape index (κ3) is 3.98. The van der Waals surface area contributed by atoms with Gasteiger partial charge < -0.3 is 9.30 Å². The first-order valence-corrected chi connectivity index (χ1v) is 11.3. The van der Waals surface area contributed by atoms with Gasteiger partial charge in [0.1, 0.15) is 5.75 Å². The molecule has 0 aliphatic carbocycles. The summed E-state index contributed by atoms with van der Waals surface area (Å²) in [5.41, 5.74) is 2.35. The van der Waals surface area contributed by atoms with Gasteiger partial charge in [-0.3, -0.25) is 4.79 Å². The van der Waals surface area contributed by atoms with Crippen LogP contribution in [-0.4, -0.2) is 43.6 Å². The molecule has 0 saturated carbocycles. The number of benzene rings is 2. The molecule has 3 aromatic rings. The number of allylic oxidation sites excluding steroid dienone is 1. The fraction of sp³-hybridized carbons (Fsp3) is 0.261. The molecule has 0 N–H and O–H groups in total. The van der Waals surface area contributed by atoms with Crippen LogP contribution in [0, 0.1) is 0 Å². The van der Waals surface area contributed by atoms with E-state index in [1.54, 1.807) is 13.2 Å². The smallest absolute Gasteiger partial charge is 0.259 e. The Bertz CT molecular complexity index is 1210. The molecule has 3 rings (SSSR count). The number of nitrogens with zero attached hydrogens (tertiary/aromatic N) is 2. The van der Waals surface area contributed by atoms with Crippen LogP contribution in [0.5, 0.6) is 5.75 Å². The van der Waals surface area contributed by atoms with Crippen molar-refractivity contribution in [2.24, 2.45) is 7.05 Å². The highest BCUT2D eigenvalue weighted by molar-refractivity contribution is 7.88. The van der Waals surface area contributed by atoms with Crippen molar-refractivity contribution in [3.63, 3.8) is 0 Å². The Hall–Kier alpha value is -3.06. The summed E-state index contributed by atoms with van der Waals surface area (Å²) < 4.78 is 31.5. The summed E-state index contributed by atoms with van der Waals surface area (Å²) in [6.07, 6.45) is 6.14. The standard InChI is InChI=1S/C23H26N2O4S/c1-23(17-10-12-18(29-4)13-11-17,15-14-22(26)25(3)30(5,27)28)20-16-24(2)21-9-7-6-8-19(20)21/h6-16H,1-5H3/b15-14+. The largest absolute Gasteiger partial charge is 0.497 e. The Morgan fingerprint density at radius 1 is 1.13 bits per heavy atom. The van der Waals surface area contributed by atoms with E-state index in [4.69, 9.17) is 4.74 Å². The summed E-state index contributed by atoms with van der Waals surface area (Å²) in [6.45, 7) is 2.01. The topological polar surface area (TPSA) is 68.6 Å². The van der Waals surface area contributed by atoms with E-state index in [1.807, 2.05) is 73.3 Å². The van der Waals surface area contributed by atoms with Crippen molar-refractivity contribution in [3.8, 4) is 5.75 Å². The summed E-state index contributed by atoms with van der Waals surface area (Å²) in [7, 11) is 1.22. The minimum atomic E-state index is -3.63. The highest BCUT2D eigenvalue weighted by Crippen LogP contribution is 2.39. The van der Waals surface area contributed by atoms with Crippen LogP contribution >= 0.6 is 0 Å². The fourth-order valence-corrected chi connectivity index (χ4v) is 3.93. The molecule has 1 unspecified atom stereocenters. The third-order valence-electron chi connectivity index (χ3n) is 5.51. The van der Waals surface area contributed by atoms with Crippen molar-refractivity contribution in [3.05, 3.63) is 78.0 Å². The second-order valence-corrected chi connectivity index (χ2v) is 9.52. The predicted octanol–water partition coefficient (Wildman–Crippen LogP) is 3.47. The van der Waals surface area contributed by atoms with Crippen molar-refractivity contribution >= 4 is 26.8 Å². The SMILES string of the molecule is COc1ccc(C(C)(/C=C/C(=O)N(C)S(C)(=O)=O)c2cn(C)c3ccccc23)cc1. The van der Waals surface area contributed by atoms with Crippen LogP contribution in [0.3, 0.4) is 0 Å². The van der Waals surface area contributed by atoms with E-state index in [9.17, 15) is 13.2 Å². The van der Waals surface area contributed by atoms with Crippen LogP contribution in [0.25, 0.3) is 10.9 Å². The number of carbonyl (C=O) groups excluding carboxylic acids is 1. The molecule has 0 radical (unpaired) electrons. The summed E-state index contributed by atoms with van der Waals surface area (Å²) >= 11 is 0. The maximum Gasteiger partial charge on any atom is 0.259 e. The van der Waals surface area contributed by atoms with Gasteiger partial charge in [0.15, 0.2) is 0 Å². The number of rotatable bonds is 6. The average molecular weight is 427 g/mol. The Balaban J connectivity index is 2.18. The molecule has 0 spiro atoms. The molecule has 2 aromatic carbocycles. The quantitative estimate of drug-likeness (QED) is 0.566. The number of hydrogen-bond donors (Lipinski definition) is 0. The van der Waals surface area contributed by atoms with Gasteiger partial charge in [-0.2, -0.15) is 0 Å². The number of fused-ring (bicyclic) bond motifs is 1. The highest BCUT2D eigenvalue weighted by Gasteiger charge is 2.30. The van der Waals surface area contributed by atoms with Gasteiger partial charge in [0, 0.05) is 42.7 Å². The molecule has 1 amide bonds. The second kappa shape index (κ2) is 7.99. The van der Waals surface area contributed by atoms with Gasteiger partial charge in [-0.1, -0.05) is 36.4 Å². The van der Waals surface area contributed by atoms with Crippen molar-refractivity contribution in [1.82, 2.24) is 8.87 Å². The van der Waals surface area contributed by atoms with E-state index < -0.39 is 21.3 Å². The zero-order valence-electron chi connectivity index (χ0n) is 17.8. The molecule has 0 aliphatic heterocycles. The summed E-state index contributed by atoms with van der Waals surface area (Å²) in [5, 5.41) is 1.06. The van der Waals surface area contributed by atoms with Crippen molar-refractivity contribution in [2.75, 3.05) is 20.4 Å². The minimum absolute atomic E-state index is 0.600. The number of likely N-dealkylation sites (N-methyl/N-ethyl adjacent to an activating group) is 1. The summed E-state index contributed by atoms with van der Waals surface area (Å²) in [5.74, 6) is 0.133. The first kappa shape index (κ1) is 21.6. The van der Waals surface area contributed by atoms with Gasteiger partial charge in [0.25, 0.3) is 5.91 Å². The normalized spacial score (nSPS) is 14.0. The van der Waals surface area contributed by atoms with Crippen molar-refractivity contribution in [1.29, 1.82) is 0 Å². The van der Waals surface area contributed by atoms with Gasteiger partial charge in [-0.15, -0.1) is 0 Å². The third-order valence-corrected chi connectivity index (χ3v) is 6.69. The summed E-state index contributed by atoms with van der Waals surface area (Å²) in [4.78, 5) is 12.5. The Morgan fingerprint density at radius 3 is 2.37 bits per heavy atom. The lowest BCUT2D eigenvalue weighted by molar-refractivity contribution is -0.120. The number of carbonyl (C=O) groups is 1. The zero-order valence-corrected chi connectivity index (χ0v) is 18.6. The van der Waals surface area contributed by atoms with Gasteiger partial charge >= 0.3 is 0 Å². The highest BCUT2D eigenvalue weighted by atomic mass is 32.2. The molecule has 30 heavy (non-hydrogen) atoms. The Kier molecular flexibility index (Phi) is 5.76. The average Bonchev–Trinajstić information content (AvgIpc) is 3.08.